The summed E-state index contributed by atoms with van der Waals surface area (Å²) in [4.78, 5) is 4.12. The molecule has 0 rings (SSSR count). The van der Waals surface area contributed by atoms with Crippen LogP contribution in [0.3, 0.4) is 0 Å². The van der Waals surface area contributed by atoms with Crippen LogP contribution in [0, 0.1) is 0 Å². The average molecular weight is 151 g/mol. The summed E-state index contributed by atoms with van der Waals surface area (Å²) in [6, 6.07) is 0. The number of rotatable bonds is 6. The lowest BCUT2D eigenvalue weighted by Crippen LogP contribution is -1.77. The van der Waals surface area contributed by atoms with Crippen LogP contribution in [-0.4, -0.2) is 12.8 Å². The van der Waals surface area contributed by atoms with Crippen LogP contribution >= 0.6 is 0 Å². The van der Waals surface area contributed by atoms with Crippen molar-refractivity contribution in [1.29, 1.82) is 0 Å². The van der Waals surface area contributed by atoms with E-state index in [1.807, 2.05) is 19.2 Å². The fraction of sp³-hybridized carbons (Fsp3) is 0.500. The van der Waals surface area contributed by atoms with Crippen molar-refractivity contribution in [2.75, 3.05) is 6.54 Å². The van der Waals surface area contributed by atoms with E-state index in [1.54, 1.807) is 0 Å². The van der Waals surface area contributed by atoms with Gasteiger partial charge in [0.2, 0.25) is 0 Å². The molecule has 0 N–H and O–H groups in total. The van der Waals surface area contributed by atoms with Crippen LogP contribution in [0.2, 0.25) is 0 Å². The SMILES string of the molecule is C=CCN=CCCC/C=C\C. The summed E-state index contributed by atoms with van der Waals surface area (Å²) < 4.78 is 0. The molecule has 0 heterocycles. The molecule has 0 aromatic heterocycles. The van der Waals surface area contributed by atoms with E-state index in [1.165, 1.54) is 6.42 Å². The van der Waals surface area contributed by atoms with Gasteiger partial charge in [0.25, 0.3) is 0 Å². The fourth-order valence-electron chi connectivity index (χ4n) is 0.734. The molecular weight excluding hydrogens is 134 g/mol. The van der Waals surface area contributed by atoms with Crippen molar-refractivity contribution >= 4 is 6.21 Å². The minimum absolute atomic E-state index is 0.754. The normalized spacial score (nSPS) is 11.4. The molecule has 0 spiro atoms. The van der Waals surface area contributed by atoms with Crippen molar-refractivity contribution in [2.24, 2.45) is 4.99 Å². The zero-order valence-electron chi connectivity index (χ0n) is 7.29. The molecule has 0 fully saturated rings. The third kappa shape index (κ3) is 9.15. The van der Waals surface area contributed by atoms with Gasteiger partial charge in [0, 0.05) is 0 Å². The summed E-state index contributed by atoms with van der Waals surface area (Å²) in [6.45, 7) is 6.38. The molecule has 1 nitrogen and oxygen atoms in total. The maximum atomic E-state index is 4.12. The first kappa shape index (κ1) is 10.2. The second-order valence-corrected chi connectivity index (χ2v) is 2.34. The number of nitrogens with zero attached hydrogens (tertiary/aromatic N) is 1. The van der Waals surface area contributed by atoms with Gasteiger partial charge in [0.15, 0.2) is 0 Å². The van der Waals surface area contributed by atoms with Crippen molar-refractivity contribution < 1.29 is 0 Å². The highest BCUT2D eigenvalue weighted by atomic mass is 14.7. The van der Waals surface area contributed by atoms with Gasteiger partial charge in [0.05, 0.1) is 6.54 Å². The second-order valence-electron chi connectivity index (χ2n) is 2.34. The van der Waals surface area contributed by atoms with Crippen LogP contribution in [0.1, 0.15) is 26.2 Å². The molecule has 1 heteroatoms. The Balaban J connectivity index is 3.06. The minimum atomic E-state index is 0.754. The number of aliphatic imine (C=N–C) groups is 1. The number of hydrogen-bond donors (Lipinski definition) is 0. The fourth-order valence-corrected chi connectivity index (χ4v) is 0.734. The average Bonchev–Trinajstić information content (AvgIpc) is 2.03. The third-order valence-electron chi connectivity index (χ3n) is 1.30. The Labute approximate surface area is 69.5 Å². The van der Waals surface area contributed by atoms with Crippen molar-refractivity contribution in [1.82, 2.24) is 0 Å². The van der Waals surface area contributed by atoms with Gasteiger partial charge in [-0.25, -0.2) is 0 Å². The van der Waals surface area contributed by atoms with Gasteiger partial charge in [-0.3, -0.25) is 4.99 Å². The first-order valence-electron chi connectivity index (χ1n) is 4.12. The maximum absolute atomic E-state index is 4.12. The van der Waals surface area contributed by atoms with E-state index >= 15 is 0 Å². The Morgan fingerprint density at radius 1 is 1.36 bits per heavy atom. The van der Waals surface area contributed by atoms with Crippen LogP contribution in [0.4, 0.5) is 0 Å². The van der Waals surface area contributed by atoms with E-state index in [2.05, 4.69) is 23.7 Å². The molecule has 0 saturated heterocycles. The largest absolute Gasteiger partial charge is 0.293 e. The van der Waals surface area contributed by atoms with Gasteiger partial charge in [-0.05, 0) is 32.4 Å². The monoisotopic (exact) mass is 151 g/mol. The quantitative estimate of drug-likeness (QED) is 0.314. The van der Waals surface area contributed by atoms with Crippen LogP contribution in [0.5, 0.6) is 0 Å². The summed E-state index contributed by atoms with van der Waals surface area (Å²) >= 11 is 0. The van der Waals surface area contributed by atoms with Crippen LogP contribution in [-0.2, 0) is 0 Å². The zero-order valence-corrected chi connectivity index (χ0v) is 7.29. The van der Waals surface area contributed by atoms with E-state index in [0.717, 1.165) is 19.4 Å². The van der Waals surface area contributed by atoms with Crippen molar-refractivity contribution in [3.05, 3.63) is 24.8 Å². The maximum Gasteiger partial charge on any atom is 0.0563 e. The topological polar surface area (TPSA) is 12.4 Å². The predicted octanol–water partition coefficient (Wildman–Crippen LogP) is 2.99. The highest BCUT2D eigenvalue weighted by molar-refractivity contribution is 5.57. The van der Waals surface area contributed by atoms with Gasteiger partial charge >= 0.3 is 0 Å². The van der Waals surface area contributed by atoms with E-state index < -0.39 is 0 Å². The van der Waals surface area contributed by atoms with E-state index in [0.29, 0.717) is 0 Å². The van der Waals surface area contributed by atoms with E-state index in [-0.39, 0.29) is 0 Å². The van der Waals surface area contributed by atoms with Gasteiger partial charge in [-0.1, -0.05) is 18.2 Å². The summed E-state index contributed by atoms with van der Waals surface area (Å²) in [5, 5.41) is 0. The van der Waals surface area contributed by atoms with Gasteiger partial charge in [-0.15, -0.1) is 6.58 Å². The Kier molecular flexibility index (Phi) is 8.44. The van der Waals surface area contributed by atoms with Crippen molar-refractivity contribution in [2.45, 2.75) is 26.2 Å². The molecule has 0 aliphatic carbocycles. The molecule has 0 aromatic carbocycles. The molecule has 0 unspecified atom stereocenters. The summed E-state index contributed by atoms with van der Waals surface area (Å²) in [5.74, 6) is 0. The van der Waals surface area contributed by atoms with E-state index in [9.17, 15) is 0 Å². The van der Waals surface area contributed by atoms with Gasteiger partial charge < -0.3 is 0 Å². The molecule has 0 aromatic rings. The van der Waals surface area contributed by atoms with Crippen LogP contribution in [0.25, 0.3) is 0 Å². The Morgan fingerprint density at radius 2 is 2.18 bits per heavy atom. The second kappa shape index (κ2) is 9.15. The van der Waals surface area contributed by atoms with Gasteiger partial charge in [0.1, 0.15) is 0 Å². The molecule has 0 bridgehead atoms. The molecule has 62 valence electrons. The van der Waals surface area contributed by atoms with E-state index in [4.69, 9.17) is 0 Å². The predicted molar refractivity (Wildman–Crippen MR) is 52.2 cm³/mol. The Bertz CT molecular complexity index is 134. The van der Waals surface area contributed by atoms with Crippen LogP contribution < -0.4 is 0 Å². The highest BCUT2D eigenvalue weighted by Crippen LogP contribution is 1.93. The molecular formula is C10H17N. The third-order valence-corrected chi connectivity index (χ3v) is 1.30. The first-order valence-corrected chi connectivity index (χ1v) is 4.12. The Morgan fingerprint density at radius 3 is 2.82 bits per heavy atom. The number of allylic oxidation sites excluding steroid dienone is 2. The first-order chi connectivity index (χ1) is 5.41. The van der Waals surface area contributed by atoms with Crippen LogP contribution in [0.15, 0.2) is 29.8 Å². The van der Waals surface area contributed by atoms with Gasteiger partial charge in [-0.2, -0.15) is 0 Å². The molecule has 0 atom stereocenters. The lowest BCUT2D eigenvalue weighted by Gasteiger charge is -1.88. The summed E-state index contributed by atoms with van der Waals surface area (Å²) in [7, 11) is 0. The molecule has 0 amide bonds. The minimum Gasteiger partial charge on any atom is -0.293 e. The standard InChI is InChI=1S/C10H17N/c1-3-5-6-7-8-10-11-9-4-2/h3-5,10H,2,6-9H2,1H3/b5-3-,11-10?. The Hall–Kier alpha value is -0.850. The summed E-state index contributed by atoms with van der Waals surface area (Å²) in [6.07, 6.45) is 11.5. The molecule has 0 radical (unpaired) electrons. The van der Waals surface area contributed by atoms with Crippen molar-refractivity contribution in [3.63, 3.8) is 0 Å². The number of unbranched alkanes of at least 4 members (excludes halogenated alkanes) is 2. The molecule has 0 aliphatic rings. The zero-order chi connectivity index (χ0) is 8.36. The molecule has 0 aliphatic heterocycles. The number of hydrogen-bond acceptors (Lipinski definition) is 1. The molecule has 11 heavy (non-hydrogen) atoms. The van der Waals surface area contributed by atoms with Crippen molar-refractivity contribution in [3.8, 4) is 0 Å². The molecule has 0 saturated carbocycles. The highest BCUT2D eigenvalue weighted by Gasteiger charge is 1.78. The lowest BCUT2D eigenvalue weighted by molar-refractivity contribution is 0.899. The lowest BCUT2D eigenvalue weighted by atomic mass is 10.2. The smallest absolute Gasteiger partial charge is 0.0563 e. The summed E-state index contributed by atoms with van der Waals surface area (Å²) in [5.41, 5.74) is 0.